The molecule has 1 aliphatic rings. The predicted octanol–water partition coefficient (Wildman–Crippen LogP) is 2.51. The molecule has 0 spiro atoms. The third kappa shape index (κ3) is 4.52. The Balaban J connectivity index is 2.53. The number of nitrogens with one attached hydrogen (secondary N) is 1. The van der Waals surface area contributed by atoms with Gasteiger partial charge in [0.25, 0.3) is 0 Å². The number of piperazine rings is 1. The number of ether oxygens (including phenoxy) is 1. The van der Waals surface area contributed by atoms with Crippen molar-refractivity contribution in [1.82, 2.24) is 10.2 Å². The lowest BCUT2D eigenvalue weighted by Gasteiger charge is -2.48. The average Bonchev–Trinajstić information content (AvgIpc) is 2.33. The molecule has 2 unspecified atom stereocenters. The maximum atomic E-state index is 5.53. The van der Waals surface area contributed by atoms with E-state index >= 15 is 0 Å². The van der Waals surface area contributed by atoms with Gasteiger partial charge in [0, 0.05) is 37.8 Å². The van der Waals surface area contributed by atoms with Crippen LogP contribution in [0.4, 0.5) is 0 Å². The Labute approximate surface area is 113 Å². The molecule has 0 aromatic carbocycles. The van der Waals surface area contributed by atoms with Crippen LogP contribution in [0.5, 0.6) is 0 Å². The summed E-state index contributed by atoms with van der Waals surface area (Å²) in [6, 6.07) is 0.645. The van der Waals surface area contributed by atoms with Crippen molar-refractivity contribution in [2.75, 3.05) is 32.8 Å². The van der Waals surface area contributed by atoms with Gasteiger partial charge in [-0.25, -0.2) is 0 Å². The maximum absolute atomic E-state index is 5.53. The van der Waals surface area contributed by atoms with Crippen molar-refractivity contribution < 1.29 is 4.74 Å². The second-order valence-corrected chi connectivity index (χ2v) is 6.20. The number of hydrogen-bond donors (Lipinski definition) is 1. The number of rotatable bonds is 7. The van der Waals surface area contributed by atoms with Crippen molar-refractivity contribution >= 4 is 0 Å². The minimum absolute atomic E-state index is 0.296. The van der Waals surface area contributed by atoms with Crippen molar-refractivity contribution in [3.05, 3.63) is 0 Å². The normalized spacial score (nSPS) is 30.0. The molecule has 108 valence electrons. The monoisotopic (exact) mass is 256 g/mol. The maximum Gasteiger partial charge on any atom is 0.0593 e. The first kappa shape index (κ1) is 15.9. The van der Waals surface area contributed by atoms with E-state index in [0.717, 1.165) is 38.8 Å². The lowest BCUT2D eigenvalue weighted by atomic mass is 9.90. The van der Waals surface area contributed by atoms with Gasteiger partial charge in [0.1, 0.15) is 0 Å². The SMILES string of the molecule is CCOCCN1CC(CC(C)C)NCC1(C)CC. The third-order valence-corrected chi connectivity index (χ3v) is 4.20. The van der Waals surface area contributed by atoms with Crippen molar-refractivity contribution in [2.45, 2.75) is 59.0 Å². The molecular weight excluding hydrogens is 224 g/mol. The predicted molar refractivity (Wildman–Crippen MR) is 78.0 cm³/mol. The molecule has 0 radical (unpaired) electrons. The van der Waals surface area contributed by atoms with Crippen molar-refractivity contribution in [2.24, 2.45) is 5.92 Å². The molecule has 0 aromatic heterocycles. The Morgan fingerprint density at radius 1 is 1.39 bits per heavy atom. The lowest BCUT2D eigenvalue weighted by molar-refractivity contribution is 0.0163. The molecule has 1 N–H and O–H groups in total. The Morgan fingerprint density at radius 2 is 2.11 bits per heavy atom. The van der Waals surface area contributed by atoms with E-state index in [-0.39, 0.29) is 0 Å². The van der Waals surface area contributed by atoms with Gasteiger partial charge < -0.3 is 10.1 Å². The summed E-state index contributed by atoms with van der Waals surface area (Å²) in [6.07, 6.45) is 2.46. The van der Waals surface area contributed by atoms with Crippen molar-refractivity contribution in [3.63, 3.8) is 0 Å². The smallest absolute Gasteiger partial charge is 0.0593 e. The molecule has 1 aliphatic heterocycles. The molecule has 1 fully saturated rings. The van der Waals surface area contributed by atoms with E-state index in [1.165, 1.54) is 12.8 Å². The Morgan fingerprint density at radius 3 is 2.67 bits per heavy atom. The summed E-state index contributed by atoms with van der Waals surface area (Å²) in [5.74, 6) is 0.766. The van der Waals surface area contributed by atoms with E-state index in [0.29, 0.717) is 11.6 Å². The van der Waals surface area contributed by atoms with Crippen LogP contribution in [-0.2, 0) is 4.74 Å². The Bertz CT molecular complexity index is 233. The molecule has 0 saturated carbocycles. The average molecular weight is 256 g/mol. The summed E-state index contributed by atoms with van der Waals surface area (Å²) in [4.78, 5) is 2.63. The van der Waals surface area contributed by atoms with Crippen LogP contribution in [0.15, 0.2) is 0 Å². The number of hydrogen-bond acceptors (Lipinski definition) is 3. The summed E-state index contributed by atoms with van der Waals surface area (Å²) in [6.45, 7) is 16.4. The summed E-state index contributed by atoms with van der Waals surface area (Å²) in [7, 11) is 0. The highest BCUT2D eigenvalue weighted by atomic mass is 16.5. The van der Waals surface area contributed by atoms with E-state index in [1.54, 1.807) is 0 Å². The van der Waals surface area contributed by atoms with Crippen LogP contribution in [0.2, 0.25) is 0 Å². The van der Waals surface area contributed by atoms with E-state index in [9.17, 15) is 0 Å². The molecule has 1 saturated heterocycles. The quantitative estimate of drug-likeness (QED) is 0.708. The van der Waals surface area contributed by atoms with Crippen LogP contribution >= 0.6 is 0 Å². The van der Waals surface area contributed by atoms with E-state index in [2.05, 4.69) is 44.8 Å². The highest BCUT2D eigenvalue weighted by Gasteiger charge is 2.35. The largest absolute Gasteiger partial charge is 0.380 e. The minimum atomic E-state index is 0.296. The van der Waals surface area contributed by atoms with Crippen LogP contribution in [0, 0.1) is 5.92 Å². The highest BCUT2D eigenvalue weighted by molar-refractivity contribution is 4.95. The van der Waals surface area contributed by atoms with Crippen LogP contribution < -0.4 is 5.32 Å². The van der Waals surface area contributed by atoms with Crippen LogP contribution in [0.1, 0.15) is 47.5 Å². The number of nitrogens with zero attached hydrogens (tertiary/aromatic N) is 1. The van der Waals surface area contributed by atoms with Crippen molar-refractivity contribution in [1.29, 1.82) is 0 Å². The van der Waals surface area contributed by atoms with Gasteiger partial charge in [-0.15, -0.1) is 0 Å². The highest BCUT2D eigenvalue weighted by Crippen LogP contribution is 2.24. The van der Waals surface area contributed by atoms with Gasteiger partial charge in [-0.3, -0.25) is 4.90 Å². The first-order chi connectivity index (χ1) is 8.51. The summed E-state index contributed by atoms with van der Waals surface area (Å²) < 4.78 is 5.53. The molecular formula is C15H32N2O. The zero-order valence-corrected chi connectivity index (χ0v) is 13.0. The molecule has 0 bridgehead atoms. The Kier molecular flexibility index (Phi) is 6.61. The van der Waals surface area contributed by atoms with Gasteiger partial charge in [-0.1, -0.05) is 20.8 Å². The van der Waals surface area contributed by atoms with Gasteiger partial charge in [0.15, 0.2) is 0 Å². The molecule has 3 nitrogen and oxygen atoms in total. The minimum Gasteiger partial charge on any atom is -0.380 e. The van der Waals surface area contributed by atoms with Gasteiger partial charge in [0.05, 0.1) is 6.61 Å². The topological polar surface area (TPSA) is 24.5 Å². The molecule has 0 aliphatic carbocycles. The second kappa shape index (κ2) is 7.46. The van der Waals surface area contributed by atoms with Crippen LogP contribution in [0.3, 0.4) is 0 Å². The van der Waals surface area contributed by atoms with Gasteiger partial charge in [-0.05, 0) is 32.6 Å². The molecule has 0 amide bonds. The molecule has 18 heavy (non-hydrogen) atoms. The molecule has 2 atom stereocenters. The van der Waals surface area contributed by atoms with Crippen molar-refractivity contribution in [3.8, 4) is 0 Å². The Hall–Kier alpha value is -0.120. The first-order valence-electron chi connectivity index (χ1n) is 7.58. The van der Waals surface area contributed by atoms with E-state index in [4.69, 9.17) is 4.74 Å². The molecule has 3 heteroatoms. The van der Waals surface area contributed by atoms with Gasteiger partial charge in [0.2, 0.25) is 0 Å². The fourth-order valence-electron chi connectivity index (χ4n) is 2.78. The van der Waals surface area contributed by atoms with Gasteiger partial charge >= 0.3 is 0 Å². The second-order valence-electron chi connectivity index (χ2n) is 6.20. The summed E-state index contributed by atoms with van der Waals surface area (Å²) in [5, 5.41) is 3.73. The molecule has 1 rings (SSSR count). The fourth-order valence-corrected chi connectivity index (χ4v) is 2.78. The zero-order valence-electron chi connectivity index (χ0n) is 13.0. The van der Waals surface area contributed by atoms with Crippen LogP contribution in [0.25, 0.3) is 0 Å². The lowest BCUT2D eigenvalue weighted by Crippen LogP contribution is -2.63. The van der Waals surface area contributed by atoms with Gasteiger partial charge in [-0.2, -0.15) is 0 Å². The zero-order chi connectivity index (χ0) is 13.6. The standard InChI is InChI=1S/C15H32N2O/c1-6-15(5)12-16-14(10-13(3)4)11-17(15)8-9-18-7-2/h13-14,16H,6-12H2,1-5H3. The molecule has 1 heterocycles. The van der Waals surface area contributed by atoms with E-state index in [1.807, 2.05) is 0 Å². The van der Waals surface area contributed by atoms with Crippen LogP contribution in [-0.4, -0.2) is 49.3 Å². The fraction of sp³-hybridized carbons (Fsp3) is 1.00. The molecule has 0 aromatic rings. The first-order valence-corrected chi connectivity index (χ1v) is 7.58. The summed E-state index contributed by atoms with van der Waals surface area (Å²) >= 11 is 0. The summed E-state index contributed by atoms with van der Waals surface area (Å²) in [5.41, 5.74) is 0.296. The van der Waals surface area contributed by atoms with E-state index < -0.39 is 0 Å². The third-order valence-electron chi connectivity index (χ3n) is 4.20.